The van der Waals surface area contributed by atoms with Crippen LogP contribution in [0.2, 0.25) is 11.6 Å². The lowest BCUT2D eigenvalue weighted by Crippen LogP contribution is -2.48. The van der Waals surface area contributed by atoms with Crippen molar-refractivity contribution in [2.45, 2.75) is 91.7 Å². The van der Waals surface area contributed by atoms with E-state index in [1.807, 2.05) is 7.11 Å². The first-order valence-corrected chi connectivity index (χ1v) is 11.2. The molecule has 4 saturated carbocycles. The van der Waals surface area contributed by atoms with Gasteiger partial charge in [-0.1, -0.05) is 54.4 Å². The maximum Gasteiger partial charge on any atom is 0.299 e. The molecule has 0 heterocycles. The van der Waals surface area contributed by atoms with E-state index in [4.69, 9.17) is 4.65 Å². The minimum atomic E-state index is 0.503. The van der Waals surface area contributed by atoms with Gasteiger partial charge >= 0.3 is 0 Å². The fraction of sp³-hybridized carbons (Fsp3) is 1.00. The second-order valence-electron chi connectivity index (χ2n) is 11.6. The molecular formula is C23H41BO. The van der Waals surface area contributed by atoms with Gasteiger partial charge < -0.3 is 4.65 Å². The number of hydrogen-bond acceptors (Lipinski definition) is 1. The number of hydrogen-bond donors (Lipinski definition) is 0. The van der Waals surface area contributed by atoms with E-state index in [2.05, 4.69) is 41.5 Å². The van der Waals surface area contributed by atoms with Gasteiger partial charge in [0.15, 0.2) is 0 Å². The smallest absolute Gasteiger partial charge is 0.299 e. The summed E-state index contributed by atoms with van der Waals surface area (Å²) >= 11 is 0. The van der Waals surface area contributed by atoms with Crippen LogP contribution in [0, 0.1) is 46.3 Å². The molecule has 0 N–H and O–H groups in total. The third kappa shape index (κ3) is 2.52. The molecule has 4 bridgehead atoms. The predicted octanol–water partition coefficient (Wildman–Crippen LogP) is 6.55. The molecule has 25 heavy (non-hydrogen) atoms. The highest BCUT2D eigenvalue weighted by atomic mass is 16.4. The van der Waals surface area contributed by atoms with Gasteiger partial charge in [0, 0.05) is 7.11 Å². The van der Waals surface area contributed by atoms with Gasteiger partial charge in [-0.25, -0.2) is 0 Å². The van der Waals surface area contributed by atoms with Crippen molar-refractivity contribution in [3.05, 3.63) is 0 Å². The lowest BCUT2D eigenvalue weighted by Gasteiger charge is -2.52. The van der Waals surface area contributed by atoms with Crippen LogP contribution in [-0.2, 0) is 4.65 Å². The van der Waals surface area contributed by atoms with Crippen molar-refractivity contribution in [2.75, 3.05) is 7.11 Å². The average Bonchev–Trinajstić information content (AvgIpc) is 2.82. The third-order valence-corrected chi connectivity index (χ3v) is 10.5. The molecule has 0 aromatic carbocycles. The maximum atomic E-state index is 6.36. The van der Waals surface area contributed by atoms with E-state index < -0.39 is 0 Å². The Labute approximate surface area is 157 Å². The molecule has 8 atom stereocenters. The van der Waals surface area contributed by atoms with Crippen LogP contribution in [0.1, 0.15) is 80.1 Å². The molecule has 4 fully saturated rings. The molecule has 2 heteroatoms. The summed E-state index contributed by atoms with van der Waals surface area (Å²) in [5, 5.41) is 0. The summed E-state index contributed by atoms with van der Waals surface area (Å²) in [5.74, 6) is 6.96. The summed E-state index contributed by atoms with van der Waals surface area (Å²) in [6.07, 6.45) is 8.70. The van der Waals surface area contributed by atoms with E-state index in [0.717, 1.165) is 47.1 Å². The van der Waals surface area contributed by atoms with Gasteiger partial charge in [-0.15, -0.1) is 0 Å². The Hall–Kier alpha value is 0.0249. The summed E-state index contributed by atoms with van der Waals surface area (Å²) in [6, 6.07) is 0. The zero-order valence-electron chi connectivity index (χ0n) is 17.8. The summed E-state index contributed by atoms with van der Waals surface area (Å²) in [6.45, 7) is 15.8. The maximum absolute atomic E-state index is 6.36. The molecule has 1 nitrogen and oxygen atoms in total. The predicted molar refractivity (Wildman–Crippen MR) is 108 cm³/mol. The van der Waals surface area contributed by atoms with Gasteiger partial charge in [0.2, 0.25) is 0 Å². The molecule has 4 aliphatic rings. The Bertz CT molecular complexity index is 468. The molecule has 0 saturated heterocycles. The highest BCUT2D eigenvalue weighted by Gasteiger charge is 2.59. The van der Waals surface area contributed by atoms with E-state index in [0.29, 0.717) is 17.7 Å². The Morgan fingerprint density at radius 3 is 1.48 bits per heavy atom. The van der Waals surface area contributed by atoms with Gasteiger partial charge in [0.1, 0.15) is 0 Å². The van der Waals surface area contributed by atoms with Crippen molar-refractivity contribution in [1.29, 1.82) is 0 Å². The molecule has 4 rings (SSSR count). The average molecular weight is 344 g/mol. The topological polar surface area (TPSA) is 9.23 Å². The second-order valence-corrected chi connectivity index (χ2v) is 11.6. The van der Waals surface area contributed by atoms with E-state index in [1.54, 1.807) is 0 Å². The summed E-state index contributed by atoms with van der Waals surface area (Å²) in [7, 11) is 2.02. The summed E-state index contributed by atoms with van der Waals surface area (Å²) < 4.78 is 6.36. The van der Waals surface area contributed by atoms with Crippen molar-refractivity contribution in [1.82, 2.24) is 0 Å². The van der Waals surface area contributed by atoms with Crippen LogP contribution in [0.4, 0.5) is 0 Å². The van der Waals surface area contributed by atoms with Gasteiger partial charge in [-0.2, -0.15) is 0 Å². The van der Waals surface area contributed by atoms with Crippen LogP contribution in [0.3, 0.4) is 0 Å². The molecule has 142 valence electrons. The van der Waals surface area contributed by atoms with Crippen LogP contribution in [0.15, 0.2) is 0 Å². The minimum absolute atomic E-state index is 0.503. The fourth-order valence-corrected chi connectivity index (χ4v) is 8.80. The monoisotopic (exact) mass is 344 g/mol. The highest BCUT2D eigenvalue weighted by Crippen LogP contribution is 2.65. The van der Waals surface area contributed by atoms with Crippen LogP contribution in [0.25, 0.3) is 0 Å². The molecule has 0 radical (unpaired) electrons. The molecule has 4 unspecified atom stereocenters. The lowest BCUT2D eigenvalue weighted by molar-refractivity contribution is 0.0581. The Morgan fingerprint density at radius 2 is 1.12 bits per heavy atom. The van der Waals surface area contributed by atoms with Crippen molar-refractivity contribution in [3.63, 3.8) is 0 Å². The van der Waals surface area contributed by atoms with Crippen LogP contribution < -0.4 is 0 Å². The molecule has 0 spiro atoms. The van der Waals surface area contributed by atoms with Gasteiger partial charge in [0.25, 0.3) is 6.92 Å². The van der Waals surface area contributed by atoms with Gasteiger partial charge in [-0.05, 0) is 83.7 Å². The van der Waals surface area contributed by atoms with Crippen LogP contribution in [-0.4, -0.2) is 14.0 Å². The van der Waals surface area contributed by atoms with Gasteiger partial charge in [0.05, 0.1) is 0 Å². The molecule has 4 aliphatic carbocycles. The standard InChI is InChI=1S/C23H41BO/c1-14-18-10-8-16(22(18,3)4)12-20(14)24(25-7)21-13-17-9-11-19(15(21)2)23(17,5)6/h14-21H,8-13H2,1-7H3/t14-,15-,16?,17?,18?,19?,20-,21-/m0/s1. The first-order valence-electron chi connectivity index (χ1n) is 11.2. The second kappa shape index (κ2) is 6.01. The first kappa shape index (κ1) is 18.4. The largest absolute Gasteiger partial charge is 0.438 e. The van der Waals surface area contributed by atoms with Crippen molar-refractivity contribution >= 4 is 6.92 Å². The number of rotatable bonds is 3. The molecule has 0 aromatic rings. The van der Waals surface area contributed by atoms with Crippen LogP contribution >= 0.6 is 0 Å². The molecule has 0 aliphatic heterocycles. The minimum Gasteiger partial charge on any atom is -0.438 e. The Kier molecular flexibility index (Phi) is 4.42. The summed E-state index contributed by atoms with van der Waals surface area (Å²) in [4.78, 5) is 0. The zero-order valence-corrected chi connectivity index (χ0v) is 17.8. The van der Waals surface area contributed by atoms with Crippen molar-refractivity contribution in [3.8, 4) is 0 Å². The Morgan fingerprint density at radius 1 is 0.720 bits per heavy atom. The molecule has 0 amide bonds. The van der Waals surface area contributed by atoms with E-state index in [9.17, 15) is 0 Å². The summed E-state index contributed by atoms with van der Waals surface area (Å²) in [5.41, 5.74) is 1.13. The zero-order chi connectivity index (χ0) is 18.1. The lowest BCUT2D eigenvalue weighted by atomic mass is 9.34. The SMILES string of the molecule is COB([C@H]1CC2CCC([C@@H]1C)C2(C)C)[C@H]1CC2CCC([C@@H]1C)C2(C)C. The van der Waals surface area contributed by atoms with E-state index in [1.165, 1.54) is 38.5 Å². The van der Waals surface area contributed by atoms with Crippen LogP contribution in [0.5, 0.6) is 0 Å². The van der Waals surface area contributed by atoms with Crippen molar-refractivity contribution < 1.29 is 4.65 Å². The normalized spacial score (nSPS) is 50.0. The number of fused-ring (bicyclic) bond motifs is 4. The van der Waals surface area contributed by atoms with E-state index >= 15 is 0 Å². The third-order valence-electron chi connectivity index (χ3n) is 10.5. The van der Waals surface area contributed by atoms with Gasteiger partial charge in [-0.3, -0.25) is 0 Å². The first-order chi connectivity index (χ1) is 11.7. The Balaban J connectivity index is 1.58. The molecular weight excluding hydrogens is 303 g/mol. The fourth-order valence-electron chi connectivity index (χ4n) is 8.80. The van der Waals surface area contributed by atoms with Crippen molar-refractivity contribution in [2.24, 2.45) is 46.3 Å². The highest BCUT2D eigenvalue weighted by molar-refractivity contribution is 6.55. The quantitative estimate of drug-likeness (QED) is 0.528. The van der Waals surface area contributed by atoms with E-state index in [-0.39, 0.29) is 0 Å². The molecule has 0 aromatic heterocycles.